The molecule has 0 aromatic heterocycles. The lowest BCUT2D eigenvalue weighted by Crippen LogP contribution is -2.13. The number of amides is 1. The minimum Gasteiger partial charge on any atom is -0.489 e. The molecule has 0 saturated heterocycles. The molecule has 0 atom stereocenters. The zero-order chi connectivity index (χ0) is 21.3. The van der Waals surface area contributed by atoms with Crippen LogP contribution in [0.1, 0.15) is 23.6 Å². The van der Waals surface area contributed by atoms with Crippen molar-refractivity contribution in [1.82, 2.24) is 0 Å². The lowest BCUT2D eigenvalue weighted by atomic mass is 10.1. The Balaban J connectivity index is 1.69. The van der Waals surface area contributed by atoms with Crippen molar-refractivity contribution in [3.05, 3.63) is 101 Å². The summed E-state index contributed by atoms with van der Waals surface area (Å²) in [6.07, 6.45) is 2.42. The molecule has 0 saturated carbocycles. The Morgan fingerprint density at radius 1 is 1.07 bits per heavy atom. The Morgan fingerprint density at radius 2 is 1.83 bits per heavy atom. The molecule has 5 heteroatoms. The number of rotatable bonds is 7. The Labute approximate surface area is 175 Å². The monoisotopic (exact) mass is 400 g/mol. The van der Waals surface area contributed by atoms with Gasteiger partial charge in [0.25, 0.3) is 5.91 Å². The zero-order valence-electron chi connectivity index (χ0n) is 16.6. The molecule has 4 nitrogen and oxygen atoms in total. The highest BCUT2D eigenvalue weighted by Crippen LogP contribution is 2.18. The van der Waals surface area contributed by atoms with Gasteiger partial charge in [-0.15, -0.1) is 0 Å². The summed E-state index contributed by atoms with van der Waals surface area (Å²) >= 11 is 0. The molecule has 150 valence electrons. The number of nitriles is 1. The quantitative estimate of drug-likeness (QED) is 0.420. The van der Waals surface area contributed by atoms with Gasteiger partial charge in [-0.3, -0.25) is 4.79 Å². The van der Waals surface area contributed by atoms with Crippen LogP contribution in [0.25, 0.3) is 6.08 Å². The molecular weight excluding hydrogens is 379 g/mol. The van der Waals surface area contributed by atoms with Crippen LogP contribution in [0.15, 0.2) is 78.4 Å². The summed E-state index contributed by atoms with van der Waals surface area (Å²) in [7, 11) is 0. The first-order valence-electron chi connectivity index (χ1n) is 9.57. The van der Waals surface area contributed by atoms with Crippen molar-refractivity contribution in [2.24, 2.45) is 0 Å². The molecule has 0 bridgehead atoms. The maximum absolute atomic E-state index is 13.3. The first-order valence-corrected chi connectivity index (χ1v) is 9.57. The normalized spacial score (nSPS) is 10.9. The van der Waals surface area contributed by atoms with Crippen LogP contribution >= 0.6 is 0 Å². The van der Waals surface area contributed by atoms with Gasteiger partial charge in [-0.1, -0.05) is 43.3 Å². The number of carbonyl (C=O) groups is 1. The van der Waals surface area contributed by atoms with Crippen molar-refractivity contribution in [3.8, 4) is 11.8 Å². The predicted octanol–water partition coefficient (Wildman–Crippen LogP) is 5.51. The van der Waals surface area contributed by atoms with Gasteiger partial charge >= 0.3 is 0 Å². The Morgan fingerprint density at radius 3 is 2.53 bits per heavy atom. The Bertz CT molecular complexity index is 1100. The number of benzene rings is 3. The fourth-order valence-corrected chi connectivity index (χ4v) is 2.83. The highest BCUT2D eigenvalue weighted by atomic mass is 19.1. The Hall–Kier alpha value is -3.91. The third-order valence-electron chi connectivity index (χ3n) is 4.45. The molecular formula is C25H21FN2O2. The van der Waals surface area contributed by atoms with Crippen molar-refractivity contribution in [1.29, 1.82) is 5.26 Å². The number of nitrogens with one attached hydrogen (secondary N) is 1. The van der Waals surface area contributed by atoms with E-state index >= 15 is 0 Å². The van der Waals surface area contributed by atoms with E-state index in [0.29, 0.717) is 22.6 Å². The van der Waals surface area contributed by atoms with E-state index in [-0.39, 0.29) is 18.0 Å². The summed E-state index contributed by atoms with van der Waals surface area (Å²) in [4.78, 5) is 12.5. The molecule has 0 aliphatic carbocycles. The van der Waals surface area contributed by atoms with Crippen LogP contribution in [0.5, 0.6) is 5.75 Å². The van der Waals surface area contributed by atoms with E-state index < -0.39 is 5.91 Å². The smallest absolute Gasteiger partial charge is 0.266 e. The first kappa shape index (κ1) is 20.8. The van der Waals surface area contributed by atoms with Crippen molar-refractivity contribution in [2.75, 3.05) is 5.32 Å². The lowest BCUT2D eigenvalue weighted by Gasteiger charge is -2.08. The summed E-state index contributed by atoms with van der Waals surface area (Å²) in [5, 5.41) is 12.2. The maximum atomic E-state index is 13.3. The first-order chi connectivity index (χ1) is 14.6. The van der Waals surface area contributed by atoms with Crippen molar-refractivity contribution >= 4 is 17.7 Å². The van der Waals surface area contributed by atoms with Gasteiger partial charge in [0.2, 0.25) is 0 Å². The lowest BCUT2D eigenvalue weighted by molar-refractivity contribution is -0.112. The molecule has 0 heterocycles. The van der Waals surface area contributed by atoms with Crippen LogP contribution in [0.4, 0.5) is 10.1 Å². The van der Waals surface area contributed by atoms with Gasteiger partial charge in [-0.05, 0) is 65.6 Å². The van der Waals surface area contributed by atoms with Gasteiger partial charge in [0.05, 0.1) is 0 Å². The maximum Gasteiger partial charge on any atom is 0.266 e. The predicted molar refractivity (Wildman–Crippen MR) is 115 cm³/mol. The molecule has 0 fully saturated rings. The summed E-state index contributed by atoms with van der Waals surface area (Å²) in [6, 6.07) is 22.7. The number of carbonyl (C=O) groups excluding carboxylic acids is 1. The van der Waals surface area contributed by atoms with Crippen molar-refractivity contribution in [3.63, 3.8) is 0 Å². The molecule has 0 aliphatic rings. The van der Waals surface area contributed by atoms with Crippen LogP contribution in [0.3, 0.4) is 0 Å². The number of anilines is 1. The number of hydrogen-bond acceptors (Lipinski definition) is 3. The Kier molecular flexibility index (Phi) is 6.96. The van der Waals surface area contributed by atoms with Gasteiger partial charge in [0.15, 0.2) is 0 Å². The molecule has 0 unspecified atom stereocenters. The number of nitrogens with zero attached hydrogens (tertiary/aromatic N) is 1. The second-order valence-electron chi connectivity index (χ2n) is 6.67. The minimum absolute atomic E-state index is 0.0168. The van der Waals surface area contributed by atoms with Crippen LogP contribution in [-0.2, 0) is 17.8 Å². The van der Waals surface area contributed by atoms with E-state index in [4.69, 9.17) is 4.74 Å². The molecule has 3 rings (SSSR count). The molecule has 1 amide bonds. The number of hydrogen-bond donors (Lipinski definition) is 1. The standard InChI is InChI=1S/C25H21FN2O2/c1-2-18-9-11-23(12-10-18)28-25(29)21(16-27)13-19-5-4-8-24(15-19)30-17-20-6-3-7-22(26)14-20/h3-15H,2,17H2,1H3,(H,28,29)/b21-13+. The van der Waals surface area contributed by atoms with E-state index in [2.05, 4.69) is 12.2 Å². The third kappa shape index (κ3) is 5.79. The third-order valence-corrected chi connectivity index (χ3v) is 4.45. The molecule has 1 N–H and O–H groups in total. The molecule has 3 aromatic carbocycles. The van der Waals surface area contributed by atoms with Gasteiger partial charge < -0.3 is 10.1 Å². The average molecular weight is 400 g/mol. The highest BCUT2D eigenvalue weighted by molar-refractivity contribution is 6.09. The number of halogens is 1. The molecule has 0 spiro atoms. The molecule has 30 heavy (non-hydrogen) atoms. The number of ether oxygens (including phenoxy) is 1. The zero-order valence-corrected chi connectivity index (χ0v) is 16.6. The SMILES string of the molecule is CCc1ccc(NC(=O)/C(C#N)=C/c2cccc(OCc3cccc(F)c3)c2)cc1. The molecule has 0 aliphatic heterocycles. The fraction of sp³-hybridized carbons (Fsp3) is 0.120. The highest BCUT2D eigenvalue weighted by Gasteiger charge is 2.10. The largest absolute Gasteiger partial charge is 0.489 e. The van der Waals surface area contributed by atoms with Crippen LogP contribution in [0.2, 0.25) is 0 Å². The van der Waals surface area contributed by atoms with Gasteiger partial charge in [0.1, 0.15) is 29.8 Å². The van der Waals surface area contributed by atoms with Crippen molar-refractivity contribution < 1.29 is 13.9 Å². The topological polar surface area (TPSA) is 62.1 Å². The second kappa shape index (κ2) is 10.0. The van der Waals surface area contributed by atoms with E-state index in [1.807, 2.05) is 30.3 Å². The fourth-order valence-electron chi connectivity index (χ4n) is 2.83. The van der Waals surface area contributed by atoms with E-state index in [1.54, 1.807) is 36.4 Å². The molecule has 3 aromatic rings. The van der Waals surface area contributed by atoms with Gasteiger partial charge in [-0.2, -0.15) is 5.26 Å². The van der Waals surface area contributed by atoms with E-state index in [0.717, 1.165) is 6.42 Å². The average Bonchev–Trinajstić information content (AvgIpc) is 2.77. The van der Waals surface area contributed by atoms with Crippen LogP contribution in [-0.4, -0.2) is 5.91 Å². The van der Waals surface area contributed by atoms with Gasteiger partial charge in [0, 0.05) is 5.69 Å². The van der Waals surface area contributed by atoms with E-state index in [9.17, 15) is 14.4 Å². The van der Waals surface area contributed by atoms with Crippen molar-refractivity contribution in [2.45, 2.75) is 20.0 Å². The summed E-state index contributed by atoms with van der Waals surface area (Å²) in [6.45, 7) is 2.27. The van der Waals surface area contributed by atoms with Gasteiger partial charge in [-0.25, -0.2) is 4.39 Å². The van der Waals surface area contributed by atoms with Crippen LogP contribution in [0, 0.1) is 17.1 Å². The number of aryl methyl sites for hydroxylation is 1. The summed E-state index contributed by atoms with van der Waals surface area (Å²) in [5.74, 6) is -0.240. The summed E-state index contributed by atoms with van der Waals surface area (Å²) in [5.41, 5.74) is 3.14. The molecule has 0 radical (unpaired) electrons. The second-order valence-corrected chi connectivity index (χ2v) is 6.67. The van der Waals surface area contributed by atoms with Crippen LogP contribution < -0.4 is 10.1 Å². The minimum atomic E-state index is -0.479. The summed E-state index contributed by atoms with van der Waals surface area (Å²) < 4.78 is 19.0. The van der Waals surface area contributed by atoms with E-state index in [1.165, 1.54) is 23.8 Å².